The molecule has 2 rings (SSSR count). The molecule has 0 radical (unpaired) electrons. The molecule has 1 aromatic heterocycles. The summed E-state index contributed by atoms with van der Waals surface area (Å²) in [6.07, 6.45) is 4.59. The average molecular weight is 299 g/mol. The van der Waals surface area contributed by atoms with E-state index >= 15 is 0 Å². The van der Waals surface area contributed by atoms with Crippen LogP contribution in [0.5, 0.6) is 0 Å². The smallest absolute Gasteiger partial charge is 0.223 e. The Hall–Kier alpha value is -1.33. The van der Waals surface area contributed by atoms with Crippen LogP contribution in [0.3, 0.4) is 0 Å². The number of rotatable bonds is 6. The molecule has 1 saturated heterocycles. The summed E-state index contributed by atoms with van der Waals surface area (Å²) in [7, 11) is 0. The summed E-state index contributed by atoms with van der Waals surface area (Å²) < 4.78 is 0. The summed E-state index contributed by atoms with van der Waals surface area (Å²) in [6, 6.07) is 5.78. The normalized spacial score (nSPS) is 15.2. The van der Waals surface area contributed by atoms with Crippen molar-refractivity contribution in [2.45, 2.75) is 19.3 Å². The van der Waals surface area contributed by atoms with Crippen molar-refractivity contribution < 1.29 is 4.79 Å². The minimum Gasteiger partial charge on any atom is -0.370 e. The number of aromatic nitrogens is 1. The summed E-state index contributed by atoms with van der Waals surface area (Å²) in [5.41, 5.74) is 0. The molecule has 0 atom stereocenters. The second-order valence-corrected chi connectivity index (χ2v) is 4.81. The number of piperidine rings is 1. The first-order valence-corrected chi connectivity index (χ1v) is 6.99. The fourth-order valence-electron chi connectivity index (χ4n) is 2.21. The molecule has 1 fully saturated rings. The van der Waals surface area contributed by atoms with E-state index in [1.807, 2.05) is 18.2 Å². The number of nitrogens with one attached hydrogen (secondary N) is 3. The molecule has 3 N–H and O–H groups in total. The van der Waals surface area contributed by atoms with Gasteiger partial charge in [-0.25, -0.2) is 4.98 Å². The maximum Gasteiger partial charge on any atom is 0.223 e. The lowest BCUT2D eigenvalue weighted by Crippen LogP contribution is -2.38. The Morgan fingerprint density at radius 1 is 1.30 bits per heavy atom. The van der Waals surface area contributed by atoms with E-state index in [4.69, 9.17) is 0 Å². The first-order valence-electron chi connectivity index (χ1n) is 6.99. The van der Waals surface area contributed by atoms with Crippen molar-refractivity contribution in [3.05, 3.63) is 24.4 Å². The maximum absolute atomic E-state index is 11.9. The zero-order chi connectivity index (χ0) is 13.3. The van der Waals surface area contributed by atoms with Gasteiger partial charge in [0.1, 0.15) is 5.82 Å². The van der Waals surface area contributed by atoms with E-state index in [9.17, 15) is 4.79 Å². The van der Waals surface area contributed by atoms with Gasteiger partial charge in [0, 0.05) is 25.2 Å². The third kappa shape index (κ3) is 5.75. The van der Waals surface area contributed by atoms with Crippen molar-refractivity contribution in [1.29, 1.82) is 0 Å². The van der Waals surface area contributed by atoms with E-state index in [0.717, 1.165) is 51.3 Å². The highest BCUT2D eigenvalue weighted by Crippen LogP contribution is 2.11. The number of anilines is 1. The molecule has 0 unspecified atom stereocenters. The van der Waals surface area contributed by atoms with Gasteiger partial charge in [0.25, 0.3) is 0 Å². The van der Waals surface area contributed by atoms with Gasteiger partial charge in [0.2, 0.25) is 5.91 Å². The highest BCUT2D eigenvalue weighted by Gasteiger charge is 2.19. The van der Waals surface area contributed by atoms with Crippen LogP contribution in [-0.4, -0.2) is 37.1 Å². The monoisotopic (exact) mass is 298 g/mol. The Morgan fingerprint density at radius 2 is 2.10 bits per heavy atom. The molecule has 0 spiro atoms. The van der Waals surface area contributed by atoms with E-state index in [1.165, 1.54) is 0 Å². The van der Waals surface area contributed by atoms with Crippen LogP contribution in [0.2, 0.25) is 0 Å². The topological polar surface area (TPSA) is 66.0 Å². The molecule has 0 aliphatic carbocycles. The van der Waals surface area contributed by atoms with Crippen LogP contribution in [0.25, 0.3) is 0 Å². The number of hydrogen-bond acceptors (Lipinski definition) is 4. The third-order valence-corrected chi connectivity index (χ3v) is 3.33. The van der Waals surface area contributed by atoms with Crippen molar-refractivity contribution in [1.82, 2.24) is 15.6 Å². The summed E-state index contributed by atoms with van der Waals surface area (Å²) in [4.78, 5) is 16.0. The van der Waals surface area contributed by atoms with E-state index in [0.29, 0.717) is 0 Å². The van der Waals surface area contributed by atoms with Crippen LogP contribution < -0.4 is 16.0 Å². The van der Waals surface area contributed by atoms with Gasteiger partial charge in [-0.3, -0.25) is 4.79 Å². The van der Waals surface area contributed by atoms with Crippen LogP contribution in [0.4, 0.5) is 5.82 Å². The van der Waals surface area contributed by atoms with Gasteiger partial charge in [-0.2, -0.15) is 0 Å². The van der Waals surface area contributed by atoms with Crippen molar-refractivity contribution in [2.24, 2.45) is 5.92 Å². The van der Waals surface area contributed by atoms with E-state index < -0.39 is 0 Å². The Bertz CT molecular complexity index is 382. The predicted molar refractivity (Wildman–Crippen MR) is 83.2 cm³/mol. The fourth-order valence-corrected chi connectivity index (χ4v) is 2.21. The molecule has 0 aromatic carbocycles. The highest BCUT2D eigenvalue weighted by molar-refractivity contribution is 5.85. The molecule has 20 heavy (non-hydrogen) atoms. The lowest BCUT2D eigenvalue weighted by Gasteiger charge is -2.21. The Balaban J connectivity index is 0.00000200. The van der Waals surface area contributed by atoms with Crippen molar-refractivity contribution in [3.8, 4) is 0 Å². The minimum atomic E-state index is 0. The molecular weight excluding hydrogens is 276 g/mol. The van der Waals surface area contributed by atoms with Gasteiger partial charge in [-0.1, -0.05) is 6.07 Å². The Kier molecular flexibility index (Phi) is 7.99. The molecule has 1 aliphatic heterocycles. The third-order valence-electron chi connectivity index (χ3n) is 3.33. The van der Waals surface area contributed by atoms with Gasteiger partial charge >= 0.3 is 0 Å². The molecule has 2 heterocycles. The van der Waals surface area contributed by atoms with E-state index in [1.54, 1.807) is 6.20 Å². The summed E-state index contributed by atoms with van der Waals surface area (Å²) in [5.74, 6) is 1.29. The van der Waals surface area contributed by atoms with Crippen LogP contribution in [0.1, 0.15) is 19.3 Å². The van der Waals surface area contributed by atoms with E-state index in [-0.39, 0.29) is 24.2 Å². The standard InChI is InChI=1S/C14H22N4O.ClH/c19-14(12-5-10-15-11-6-12)18-9-3-8-17-13-4-1-2-7-16-13;/h1-2,4,7,12,15H,3,5-6,8-11H2,(H,16,17)(H,18,19);1H. The van der Waals surface area contributed by atoms with Gasteiger partial charge in [-0.15, -0.1) is 12.4 Å². The van der Waals surface area contributed by atoms with Gasteiger partial charge in [0.15, 0.2) is 0 Å². The Labute approximate surface area is 126 Å². The average Bonchev–Trinajstić information content (AvgIpc) is 2.49. The van der Waals surface area contributed by atoms with Crippen LogP contribution >= 0.6 is 12.4 Å². The lowest BCUT2D eigenvalue weighted by molar-refractivity contribution is -0.125. The summed E-state index contributed by atoms with van der Waals surface area (Å²) in [6.45, 7) is 3.46. The molecular formula is C14H23ClN4O. The maximum atomic E-state index is 11.9. The van der Waals surface area contributed by atoms with Crippen LogP contribution in [0.15, 0.2) is 24.4 Å². The van der Waals surface area contributed by atoms with Crippen molar-refractivity contribution in [3.63, 3.8) is 0 Å². The number of carbonyl (C=O) groups is 1. The lowest BCUT2D eigenvalue weighted by atomic mass is 9.97. The largest absolute Gasteiger partial charge is 0.370 e. The zero-order valence-electron chi connectivity index (χ0n) is 11.6. The quantitative estimate of drug-likeness (QED) is 0.695. The van der Waals surface area contributed by atoms with Crippen LogP contribution in [0, 0.1) is 5.92 Å². The van der Waals surface area contributed by atoms with Gasteiger partial charge < -0.3 is 16.0 Å². The second-order valence-electron chi connectivity index (χ2n) is 4.81. The van der Waals surface area contributed by atoms with Gasteiger partial charge in [0.05, 0.1) is 0 Å². The number of amides is 1. The molecule has 5 nitrogen and oxygen atoms in total. The first kappa shape index (κ1) is 16.7. The fraction of sp³-hybridized carbons (Fsp3) is 0.571. The number of hydrogen-bond donors (Lipinski definition) is 3. The van der Waals surface area contributed by atoms with Crippen molar-refractivity contribution in [2.75, 3.05) is 31.5 Å². The highest BCUT2D eigenvalue weighted by atomic mass is 35.5. The van der Waals surface area contributed by atoms with E-state index in [2.05, 4.69) is 20.9 Å². The molecule has 112 valence electrons. The molecule has 1 aromatic rings. The van der Waals surface area contributed by atoms with Crippen molar-refractivity contribution >= 4 is 24.1 Å². The molecule has 1 amide bonds. The van der Waals surface area contributed by atoms with Gasteiger partial charge in [-0.05, 0) is 44.5 Å². The molecule has 6 heteroatoms. The minimum absolute atomic E-state index is 0. The molecule has 1 aliphatic rings. The molecule has 0 saturated carbocycles. The molecule has 0 bridgehead atoms. The SMILES string of the molecule is Cl.O=C(NCCCNc1ccccn1)C1CCNCC1. The number of halogens is 1. The number of pyridine rings is 1. The Morgan fingerprint density at radius 3 is 2.80 bits per heavy atom. The summed E-state index contributed by atoms with van der Waals surface area (Å²) in [5, 5.41) is 9.50. The first-order chi connectivity index (χ1) is 9.36. The number of carbonyl (C=O) groups excluding carboxylic acids is 1. The van der Waals surface area contributed by atoms with Crippen LogP contribution in [-0.2, 0) is 4.79 Å². The predicted octanol–water partition coefficient (Wildman–Crippen LogP) is 1.42. The summed E-state index contributed by atoms with van der Waals surface area (Å²) >= 11 is 0. The zero-order valence-corrected chi connectivity index (χ0v) is 12.4. The number of nitrogens with zero attached hydrogens (tertiary/aromatic N) is 1. The second kappa shape index (κ2) is 9.55.